The van der Waals surface area contributed by atoms with E-state index in [0.717, 1.165) is 12.1 Å². The van der Waals surface area contributed by atoms with Crippen molar-refractivity contribution in [3.05, 3.63) is 23.0 Å². The van der Waals surface area contributed by atoms with E-state index in [9.17, 15) is 12.8 Å². The Morgan fingerprint density at radius 2 is 2.22 bits per heavy atom. The molecule has 4 nitrogen and oxygen atoms in total. The number of benzene rings is 1. The molecule has 1 atom stereocenters. The number of rotatable bonds is 4. The number of nitrogens with one attached hydrogen (secondary N) is 1. The predicted octanol–water partition coefficient (Wildman–Crippen LogP) is 1.75. The molecule has 98 valence electrons. The number of hydrogen-bond donors (Lipinski definition) is 2. The average Bonchev–Trinajstić information content (AvgIpc) is 2.30. The number of anilines is 1. The maximum atomic E-state index is 13.7. The van der Waals surface area contributed by atoms with Gasteiger partial charge < -0.3 is 5.73 Å². The quantitative estimate of drug-likeness (QED) is 0.655. The molecule has 0 bridgehead atoms. The van der Waals surface area contributed by atoms with E-state index >= 15 is 0 Å². The van der Waals surface area contributed by atoms with Crippen LogP contribution in [-0.2, 0) is 10.0 Å². The molecule has 0 fully saturated rings. The Morgan fingerprint density at radius 3 is 2.72 bits per heavy atom. The van der Waals surface area contributed by atoms with Gasteiger partial charge in [-0.05, 0) is 18.6 Å². The van der Waals surface area contributed by atoms with Gasteiger partial charge in [-0.2, -0.15) is 4.72 Å². The molecule has 0 aromatic heterocycles. The smallest absolute Gasteiger partial charge is 0.244 e. The monoisotopic (exact) mass is 290 g/mol. The van der Waals surface area contributed by atoms with E-state index in [1.54, 1.807) is 6.92 Å². The van der Waals surface area contributed by atoms with Gasteiger partial charge in [-0.3, -0.25) is 0 Å². The number of sulfonamides is 1. The summed E-state index contributed by atoms with van der Waals surface area (Å²) in [4.78, 5) is -0.610. The highest BCUT2D eigenvalue weighted by molar-refractivity contribution is 7.89. The van der Waals surface area contributed by atoms with Gasteiger partial charge in [0.1, 0.15) is 4.90 Å². The third-order valence-corrected chi connectivity index (χ3v) is 3.92. The fourth-order valence-electron chi connectivity index (χ4n) is 1.27. The van der Waals surface area contributed by atoms with E-state index in [2.05, 4.69) is 10.6 Å². The van der Waals surface area contributed by atoms with Crippen molar-refractivity contribution in [2.24, 2.45) is 0 Å². The number of halogens is 2. The highest BCUT2D eigenvalue weighted by Crippen LogP contribution is 2.25. The minimum Gasteiger partial charge on any atom is -0.396 e. The zero-order valence-electron chi connectivity index (χ0n) is 9.57. The number of hydrogen-bond acceptors (Lipinski definition) is 3. The molecule has 0 amide bonds. The second-order valence-corrected chi connectivity index (χ2v) is 5.67. The van der Waals surface area contributed by atoms with Gasteiger partial charge in [0.15, 0.2) is 5.82 Å². The minimum atomic E-state index is -4.09. The van der Waals surface area contributed by atoms with Gasteiger partial charge in [0, 0.05) is 5.02 Å². The van der Waals surface area contributed by atoms with Gasteiger partial charge in [0.25, 0.3) is 0 Å². The Morgan fingerprint density at radius 1 is 1.61 bits per heavy atom. The van der Waals surface area contributed by atoms with Crippen molar-refractivity contribution in [1.29, 1.82) is 0 Å². The molecule has 0 radical (unpaired) electrons. The molecule has 1 rings (SSSR count). The molecule has 7 heteroatoms. The van der Waals surface area contributed by atoms with Crippen LogP contribution in [0.5, 0.6) is 0 Å². The highest BCUT2D eigenvalue weighted by Gasteiger charge is 2.23. The standard InChI is InChI=1S/C11H12ClFN2O2S/c1-3-8(4-2)15-18(16,17)10-6-7(12)5-9(14)11(10)13/h1,5-6,8,15H,4,14H2,2H3. The fourth-order valence-corrected chi connectivity index (χ4v) is 2.93. The summed E-state index contributed by atoms with van der Waals surface area (Å²) in [5.74, 6) is 1.21. The fraction of sp³-hybridized carbons (Fsp3) is 0.273. The zero-order chi connectivity index (χ0) is 13.9. The normalized spacial score (nSPS) is 13.0. The van der Waals surface area contributed by atoms with Crippen LogP contribution < -0.4 is 10.5 Å². The van der Waals surface area contributed by atoms with Crippen LogP contribution in [-0.4, -0.2) is 14.5 Å². The molecule has 0 aliphatic carbocycles. The Balaban J connectivity index is 3.26. The molecule has 18 heavy (non-hydrogen) atoms. The van der Waals surface area contributed by atoms with E-state index in [0.29, 0.717) is 6.42 Å². The Kier molecular flexibility index (Phi) is 4.57. The van der Waals surface area contributed by atoms with Crippen LogP contribution >= 0.6 is 11.6 Å². The summed E-state index contributed by atoms with van der Waals surface area (Å²) in [6.45, 7) is 1.70. The molecular formula is C11H12ClFN2O2S. The van der Waals surface area contributed by atoms with Crippen molar-refractivity contribution < 1.29 is 12.8 Å². The van der Waals surface area contributed by atoms with Crippen LogP contribution in [0.3, 0.4) is 0 Å². The van der Waals surface area contributed by atoms with Crippen molar-refractivity contribution in [3.8, 4) is 12.3 Å². The third-order valence-electron chi connectivity index (χ3n) is 2.23. The molecular weight excluding hydrogens is 279 g/mol. The number of nitrogens with two attached hydrogens (primary N) is 1. The molecule has 0 saturated heterocycles. The zero-order valence-corrected chi connectivity index (χ0v) is 11.1. The molecule has 1 aromatic carbocycles. The topological polar surface area (TPSA) is 72.2 Å². The van der Waals surface area contributed by atoms with Gasteiger partial charge in [-0.25, -0.2) is 12.8 Å². The van der Waals surface area contributed by atoms with Gasteiger partial charge in [0.05, 0.1) is 11.7 Å². The summed E-state index contributed by atoms with van der Waals surface area (Å²) in [6.07, 6.45) is 5.53. The van der Waals surface area contributed by atoms with Crippen molar-refractivity contribution in [3.63, 3.8) is 0 Å². The summed E-state index contributed by atoms with van der Waals surface area (Å²) >= 11 is 5.65. The Labute approximate surface area is 110 Å². The van der Waals surface area contributed by atoms with E-state index < -0.39 is 26.8 Å². The summed E-state index contributed by atoms with van der Waals surface area (Å²) in [5, 5.41) is 0.0306. The largest absolute Gasteiger partial charge is 0.396 e. The minimum absolute atomic E-state index is 0.0306. The summed E-state index contributed by atoms with van der Waals surface area (Å²) < 4.78 is 39.7. The van der Waals surface area contributed by atoms with Gasteiger partial charge in [0.2, 0.25) is 10.0 Å². The van der Waals surface area contributed by atoms with Gasteiger partial charge >= 0.3 is 0 Å². The van der Waals surface area contributed by atoms with Crippen LogP contribution in [0.15, 0.2) is 17.0 Å². The molecule has 0 aliphatic rings. The first-order valence-electron chi connectivity index (χ1n) is 5.04. The number of terminal acetylenes is 1. The van der Waals surface area contributed by atoms with Crippen LogP contribution in [0.1, 0.15) is 13.3 Å². The lowest BCUT2D eigenvalue weighted by Gasteiger charge is -2.13. The first kappa shape index (κ1) is 14.8. The van der Waals surface area contributed by atoms with Crippen LogP contribution in [0.4, 0.5) is 10.1 Å². The molecule has 0 spiro atoms. The average molecular weight is 291 g/mol. The SMILES string of the molecule is C#CC(CC)NS(=O)(=O)c1cc(Cl)cc(N)c1F. The van der Waals surface area contributed by atoms with E-state index in [4.69, 9.17) is 23.8 Å². The Hall–Kier alpha value is -1.29. The van der Waals surface area contributed by atoms with E-state index in [1.807, 2.05) is 0 Å². The van der Waals surface area contributed by atoms with Crippen molar-refractivity contribution in [2.45, 2.75) is 24.3 Å². The molecule has 0 saturated carbocycles. The van der Waals surface area contributed by atoms with Gasteiger partial charge in [-0.15, -0.1) is 6.42 Å². The maximum Gasteiger partial charge on any atom is 0.244 e. The van der Waals surface area contributed by atoms with Crippen molar-refractivity contribution >= 4 is 27.3 Å². The van der Waals surface area contributed by atoms with Crippen LogP contribution in [0.25, 0.3) is 0 Å². The summed E-state index contributed by atoms with van der Waals surface area (Å²) in [7, 11) is -4.09. The molecule has 1 unspecified atom stereocenters. The molecule has 3 N–H and O–H groups in total. The first-order chi connectivity index (χ1) is 8.31. The van der Waals surface area contributed by atoms with E-state index in [1.165, 1.54) is 0 Å². The van der Waals surface area contributed by atoms with Crippen LogP contribution in [0, 0.1) is 18.2 Å². The summed E-state index contributed by atoms with van der Waals surface area (Å²) in [5.41, 5.74) is 4.99. The number of nitrogen functional groups attached to an aromatic ring is 1. The third kappa shape index (κ3) is 3.13. The Bertz CT molecular complexity index is 596. The lowest BCUT2D eigenvalue weighted by Crippen LogP contribution is -2.33. The lowest BCUT2D eigenvalue weighted by atomic mass is 10.3. The molecule has 0 heterocycles. The second-order valence-electron chi connectivity index (χ2n) is 3.56. The van der Waals surface area contributed by atoms with E-state index in [-0.39, 0.29) is 10.7 Å². The first-order valence-corrected chi connectivity index (χ1v) is 6.91. The second kappa shape index (κ2) is 5.57. The molecule has 1 aromatic rings. The maximum absolute atomic E-state index is 13.7. The predicted molar refractivity (Wildman–Crippen MR) is 69.1 cm³/mol. The lowest BCUT2D eigenvalue weighted by molar-refractivity contribution is 0.551. The van der Waals surface area contributed by atoms with Gasteiger partial charge in [-0.1, -0.05) is 24.4 Å². The highest BCUT2D eigenvalue weighted by atomic mass is 35.5. The summed E-state index contributed by atoms with van der Waals surface area (Å²) in [6, 6.07) is 1.40. The van der Waals surface area contributed by atoms with Crippen LogP contribution in [0.2, 0.25) is 5.02 Å². The molecule has 0 aliphatic heterocycles. The van der Waals surface area contributed by atoms with Crippen molar-refractivity contribution in [2.75, 3.05) is 5.73 Å². The van der Waals surface area contributed by atoms with Crippen molar-refractivity contribution in [1.82, 2.24) is 4.72 Å².